The monoisotopic (exact) mass is 378 g/mol. The lowest BCUT2D eigenvalue weighted by molar-refractivity contribution is 0.795. The van der Waals surface area contributed by atoms with E-state index in [9.17, 15) is 10.5 Å². The van der Waals surface area contributed by atoms with Crippen molar-refractivity contribution in [3.05, 3.63) is 82.9 Å². The third kappa shape index (κ3) is 4.56. The van der Waals surface area contributed by atoms with Gasteiger partial charge in [0.15, 0.2) is 0 Å². The summed E-state index contributed by atoms with van der Waals surface area (Å²) in [5, 5.41) is 19.7. The van der Waals surface area contributed by atoms with Crippen LogP contribution in [-0.2, 0) is 12.8 Å². The second-order valence-corrected chi connectivity index (χ2v) is 7.38. The van der Waals surface area contributed by atoms with E-state index in [4.69, 9.17) is 0 Å². The summed E-state index contributed by atoms with van der Waals surface area (Å²) >= 11 is 0. The van der Waals surface area contributed by atoms with Gasteiger partial charge in [-0.15, -0.1) is 0 Å². The average molecular weight is 379 g/mol. The second-order valence-electron chi connectivity index (χ2n) is 7.38. The standard InChI is InChI=1S/C27H26N2/c1-3-5-7-21-10-14-23(15-11-21)25-17-16-24(26(18-28)27(25)19-29)22-12-8-20(6-4-2)9-13-22/h8-17H,3-7H2,1-2H3. The molecule has 0 aromatic heterocycles. The molecule has 144 valence electrons. The van der Waals surface area contributed by atoms with Crippen LogP contribution in [-0.4, -0.2) is 0 Å². The zero-order chi connectivity index (χ0) is 20.6. The molecule has 0 saturated heterocycles. The first kappa shape index (κ1) is 20.4. The SMILES string of the molecule is CCCCc1ccc(-c2ccc(-c3ccc(CCC)cc3)c(C#N)c2C#N)cc1. The molecule has 0 atom stereocenters. The Hall–Kier alpha value is -3.36. The van der Waals surface area contributed by atoms with Crippen molar-refractivity contribution in [1.82, 2.24) is 0 Å². The number of nitrogens with zero attached hydrogens (tertiary/aromatic N) is 2. The molecular formula is C27H26N2. The number of nitriles is 2. The molecule has 0 N–H and O–H groups in total. The smallest absolute Gasteiger partial charge is 0.101 e. The van der Waals surface area contributed by atoms with Crippen molar-refractivity contribution >= 4 is 0 Å². The Bertz CT molecular complexity index is 1050. The number of unbranched alkanes of at least 4 members (excludes halogenated alkanes) is 1. The predicted molar refractivity (Wildman–Crippen MR) is 119 cm³/mol. The molecule has 3 aromatic rings. The molecule has 0 fully saturated rings. The molecule has 0 bridgehead atoms. The van der Waals surface area contributed by atoms with Gasteiger partial charge in [-0.2, -0.15) is 10.5 Å². The van der Waals surface area contributed by atoms with Gasteiger partial charge in [-0.25, -0.2) is 0 Å². The molecule has 0 heterocycles. The van der Waals surface area contributed by atoms with E-state index < -0.39 is 0 Å². The van der Waals surface area contributed by atoms with Gasteiger partial charge in [0.25, 0.3) is 0 Å². The molecule has 0 unspecified atom stereocenters. The lowest BCUT2D eigenvalue weighted by Crippen LogP contribution is -1.95. The van der Waals surface area contributed by atoms with Gasteiger partial charge in [0, 0.05) is 11.1 Å². The van der Waals surface area contributed by atoms with E-state index in [1.807, 2.05) is 24.3 Å². The molecule has 0 amide bonds. The lowest BCUT2D eigenvalue weighted by atomic mass is 9.89. The highest BCUT2D eigenvalue weighted by Gasteiger charge is 2.16. The summed E-state index contributed by atoms with van der Waals surface area (Å²) in [6.45, 7) is 4.35. The van der Waals surface area contributed by atoms with Gasteiger partial charge in [0.2, 0.25) is 0 Å². The largest absolute Gasteiger partial charge is 0.192 e. The molecule has 0 saturated carbocycles. The number of hydrogen-bond donors (Lipinski definition) is 0. The maximum absolute atomic E-state index is 9.85. The molecule has 29 heavy (non-hydrogen) atoms. The Balaban J connectivity index is 2.01. The van der Waals surface area contributed by atoms with Crippen LogP contribution in [0.25, 0.3) is 22.3 Å². The van der Waals surface area contributed by atoms with Crippen LogP contribution in [0.15, 0.2) is 60.7 Å². The molecule has 0 spiro atoms. The molecule has 3 aromatic carbocycles. The molecule has 0 aliphatic heterocycles. The van der Waals surface area contributed by atoms with Gasteiger partial charge in [0.1, 0.15) is 12.1 Å². The van der Waals surface area contributed by atoms with Crippen LogP contribution in [0, 0.1) is 22.7 Å². The van der Waals surface area contributed by atoms with E-state index in [1.165, 1.54) is 24.0 Å². The Morgan fingerprint density at radius 3 is 1.41 bits per heavy atom. The van der Waals surface area contributed by atoms with Gasteiger partial charge < -0.3 is 0 Å². The van der Waals surface area contributed by atoms with Crippen molar-refractivity contribution in [1.29, 1.82) is 10.5 Å². The maximum Gasteiger partial charge on any atom is 0.101 e. The molecule has 2 heteroatoms. The number of aryl methyl sites for hydroxylation is 2. The fourth-order valence-corrected chi connectivity index (χ4v) is 3.69. The normalized spacial score (nSPS) is 10.3. The summed E-state index contributed by atoms with van der Waals surface area (Å²) < 4.78 is 0. The fourth-order valence-electron chi connectivity index (χ4n) is 3.69. The summed E-state index contributed by atoms with van der Waals surface area (Å²) in [4.78, 5) is 0. The molecule has 0 aliphatic carbocycles. The highest BCUT2D eigenvalue weighted by Crippen LogP contribution is 2.33. The zero-order valence-electron chi connectivity index (χ0n) is 17.2. The second kappa shape index (κ2) is 9.72. The van der Waals surface area contributed by atoms with Gasteiger partial charge >= 0.3 is 0 Å². The van der Waals surface area contributed by atoms with E-state index in [1.54, 1.807) is 0 Å². The summed E-state index contributed by atoms with van der Waals surface area (Å²) in [6, 6.07) is 25.2. The van der Waals surface area contributed by atoms with Crippen molar-refractivity contribution in [2.24, 2.45) is 0 Å². The number of rotatable bonds is 7. The van der Waals surface area contributed by atoms with Crippen molar-refractivity contribution in [3.63, 3.8) is 0 Å². The lowest BCUT2D eigenvalue weighted by Gasteiger charge is -2.12. The van der Waals surface area contributed by atoms with Crippen LogP contribution in [0.2, 0.25) is 0 Å². The Kier molecular flexibility index (Phi) is 6.83. The van der Waals surface area contributed by atoms with Crippen LogP contribution in [0.5, 0.6) is 0 Å². The highest BCUT2D eigenvalue weighted by atomic mass is 14.3. The summed E-state index contributed by atoms with van der Waals surface area (Å²) in [5.41, 5.74) is 7.07. The summed E-state index contributed by atoms with van der Waals surface area (Å²) in [6.07, 6.45) is 5.56. The molecule has 3 rings (SSSR count). The van der Waals surface area contributed by atoms with E-state index in [0.29, 0.717) is 11.1 Å². The Morgan fingerprint density at radius 2 is 1.03 bits per heavy atom. The van der Waals surface area contributed by atoms with Crippen LogP contribution < -0.4 is 0 Å². The first-order chi connectivity index (χ1) is 14.2. The zero-order valence-corrected chi connectivity index (χ0v) is 17.2. The maximum atomic E-state index is 9.85. The van der Waals surface area contributed by atoms with Crippen molar-refractivity contribution < 1.29 is 0 Å². The van der Waals surface area contributed by atoms with E-state index in [2.05, 4.69) is 62.4 Å². The quantitative estimate of drug-likeness (QED) is 0.442. The van der Waals surface area contributed by atoms with Crippen LogP contribution in [0.4, 0.5) is 0 Å². The van der Waals surface area contributed by atoms with Gasteiger partial charge in [0.05, 0.1) is 11.1 Å². The molecular weight excluding hydrogens is 352 g/mol. The van der Waals surface area contributed by atoms with E-state index in [-0.39, 0.29) is 0 Å². The summed E-state index contributed by atoms with van der Waals surface area (Å²) in [7, 11) is 0. The fraction of sp³-hybridized carbons (Fsp3) is 0.259. The number of hydrogen-bond acceptors (Lipinski definition) is 2. The van der Waals surface area contributed by atoms with Gasteiger partial charge in [-0.05, 0) is 41.5 Å². The predicted octanol–water partition coefficient (Wildman–Crippen LogP) is 7.06. The van der Waals surface area contributed by atoms with Crippen LogP contribution >= 0.6 is 0 Å². The van der Waals surface area contributed by atoms with Crippen molar-refractivity contribution in [2.75, 3.05) is 0 Å². The first-order valence-electron chi connectivity index (χ1n) is 10.4. The Morgan fingerprint density at radius 1 is 0.586 bits per heavy atom. The third-order valence-electron chi connectivity index (χ3n) is 5.32. The molecule has 0 radical (unpaired) electrons. The first-order valence-corrected chi connectivity index (χ1v) is 10.4. The van der Waals surface area contributed by atoms with Crippen molar-refractivity contribution in [3.8, 4) is 34.4 Å². The van der Waals surface area contributed by atoms with Gasteiger partial charge in [-0.1, -0.05) is 87.4 Å². The van der Waals surface area contributed by atoms with Crippen LogP contribution in [0.1, 0.15) is 55.4 Å². The Labute approximate surface area is 174 Å². The van der Waals surface area contributed by atoms with E-state index in [0.717, 1.165) is 41.5 Å². The topological polar surface area (TPSA) is 47.6 Å². The minimum atomic E-state index is 0.448. The molecule has 2 nitrogen and oxygen atoms in total. The third-order valence-corrected chi connectivity index (χ3v) is 5.32. The van der Waals surface area contributed by atoms with Gasteiger partial charge in [-0.3, -0.25) is 0 Å². The minimum Gasteiger partial charge on any atom is -0.192 e. The minimum absolute atomic E-state index is 0.448. The molecule has 0 aliphatic rings. The average Bonchev–Trinajstić information content (AvgIpc) is 2.77. The van der Waals surface area contributed by atoms with Crippen molar-refractivity contribution in [2.45, 2.75) is 46.0 Å². The van der Waals surface area contributed by atoms with E-state index >= 15 is 0 Å². The summed E-state index contributed by atoms with van der Waals surface area (Å²) in [5.74, 6) is 0. The van der Waals surface area contributed by atoms with Crippen LogP contribution in [0.3, 0.4) is 0 Å². The number of benzene rings is 3. The highest BCUT2D eigenvalue weighted by molar-refractivity contribution is 5.82.